The number of furan rings is 1. The zero-order valence-electron chi connectivity index (χ0n) is 8.28. The highest BCUT2D eigenvalue weighted by molar-refractivity contribution is 5.94. The van der Waals surface area contributed by atoms with Crippen LogP contribution in [0.1, 0.15) is 35.9 Å². The molecule has 0 aliphatic carbocycles. The summed E-state index contributed by atoms with van der Waals surface area (Å²) in [5.74, 6) is 1.27. The summed E-state index contributed by atoms with van der Waals surface area (Å²) in [6.45, 7) is 4.14. The molecule has 0 saturated heterocycles. The van der Waals surface area contributed by atoms with Gasteiger partial charge in [-0.2, -0.15) is 0 Å². The Balaban J connectivity index is 2.70. The fourth-order valence-electron chi connectivity index (χ4n) is 1.48. The van der Waals surface area contributed by atoms with Gasteiger partial charge in [0.15, 0.2) is 6.29 Å². The van der Waals surface area contributed by atoms with Crippen molar-refractivity contribution in [2.45, 2.75) is 19.8 Å². The minimum atomic E-state index is 0.349. The summed E-state index contributed by atoms with van der Waals surface area (Å²) in [7, 11) is 0. The van der Waals surface area contributed by atoms with E-state index in [9.17, 15) is 4.79 Å². The Hall–Kier alpha value is -1.57. The molecular weight excluding hydrogens is 176 g/mol. The van der Waals surface area contributed by atoms with Crippen molar-refractivity contribution in [2.75, 3.05) is 0 Å². The monoisotopic (exact) mass is 188 g/mol. The summed E-state index contributed by atoms with van der Waals surface area (Å²) in [4.78, 5) is 10.7. The van der Waals surface area contributed by atoms with E-state index >= 15 is 0 Å². The Labute approximate surface area is 82.5 Å². The largest absolute Gasteiger partial charge is 0.460 e. The normalized spacial score (nSPS) is 11.1. The van der Waals surface area contributed by atoms with Crippen LogP contribution in [0.25, 0.3) is 11.0 Å². The van der Waals surface area contributed by atoms with Crippen molar-refractivity contribution in [3.05, 3.63) is 35.6 Å². The third kappa shape index (κ3) is 1.33. The van der Waals surface area contributed by atoms with Crippen LogP contribution in [0.5, 0.6) is 0 Å². The van der Waals surface area contributed by atoms with Crippen LogP contribution >= 0.6 is 0 Å². The number of aldehydes is 1. The standard InChI is InChI=1S/C12H12O2/c1-8(2)11-6-9-4-3-5-10(7-13)12(9)14-11/h3-8H,1-2H3. The van der Waals surface area contributed by atoms with Crippen molar-refractivity contribution < 1.29 is 9.21 Å². The molecule has 0 saturated carbocycles. The van der Waals surface area contributed by atoms with E-state index in [4.69, 9.17) is 4.42 Å². The molecule has 2 heteroatoms. The molecule has 2 aromatic rings. The van der Waals surface area contributed by atoms with E-state index in [1.54, 1.807) is 6.07 Å². The van der Waals surface area contributed by atoms with Crippen molar-refractivity contribution in [3.8, 4) is 0 Å². The highest BCUT2D eigenvalue weighted by Crippen LogP contribution is 2.26. The van der Waals surface area contributed by atoms with E-state index in [1.807, 2.05) is 18.2 Å². The van der Waals surface area contributed by atoms with E-state index in [1.165, 1.54) is 0 Å². The Kier molecular flexibility index (Phi) is 2.12. The summed E-state index contributed by atoms with van der Waals surface area (Å²) in [6, 6.07) is 7.58. The molecule has 0 amide bonds. The molecule has 2 rings (SSSR count). The maximum Gasteiger partial charge on any atom is 0.153 e. The molecule has 0 aliphatic rings. The second-order valence-electron chi connectivity index (χ2n) is 3.69. The number of carbonyl (C=O) groups is 1. The molecule has 1 aromatic heterocycles. The second-order valence-corrected chi connectivity index (χ2v) is 3.69. The molecule has 0 fully saturated rings. The third-order valence-corrected chi connectivity index (χ3v) is 2.29. The summed E-state index contributed by atoms with van der Waals surface area (Å²) < 4.78 is 5.62. The summed E-state index contributed by atoms with van der Waals surface area (Å²) >= 11 is 0. The Morgan fingerprint density at radius 3 is 2.79 bits per heavy atom. The maximum atomic E-state index is 10.7. The van der Waals surface area contributed by atoms with E-state index in [0.29, 0.717) is 17.1 Å². The lowest BCUT2D eigenvalue weighted by molar-refractivity contribution is 0.112. The highest BCUT2D eigenvalue weighted by Gasteiger charge is 2.09. The summed E-state index contributed by atoms with van der Waals surface area (Å²) in [5, 5.41) is 0.998. The van der Waals surface area contributed by atoms with Gasteiger partial charge in [0.1, 0.15) is 11.3 Å². The minimum Gasteiger partial charge on any atom is -0.460 e. The van der Waals surface area contributed by atoms with Gasteiger partial charge in [0, 0.05) is 11.3 Å². The summed E-state index contributed by atoms with van der Waals surface area (Å²) in [6.07, 6.45) is 0.829. The van der Waals surface area contributed by atoms with Gasteiger partial charge in [0.2, 0.25) is 0 Å². The van der Waals surface area contributed by atoms with Gasteiger partial charge in [-0.3, -0.25) is 4.79 Å². The van der Waals surface area contributed by atoms with Crippen molar-refractivity contribution >= 4 is 17.3 Å². The minimum absolute atomic E-state index is 0.349. The molecule has 72 valence electrons. The number of hydrogen-bond acceptors (Lipinski definition) is 2. The van der Waals surface area contributed by atoms with E-state index in [2.05, 4.69) is 13.8 Å². The van der Waals surface area contributed by atoms with Crippen LogP contribution < -0.4 is 0 Å². The highest BCUT2D eigenvalue weighted by atomic mass is 16.3. The van der Waals surface area contributed by atoms with Crippen LogP contribution in [0.15, 0.2) is 28.7 Å². The first kappa shape index (κ1) is 9.00. The Bertz CT molecular complexity index is 466. The van der Waals surface area contributed by atoms with Crippen LogP contribution in [0.2, 0.25) is 0 Å². The molecule has 0 aliphatic heterocycles. The van der Waals surface area contributed by atoms with Gasteiger partial charge in [0.05, 0.1) is 5.56 Å². The number of para-hydroxylation sites is 1. The average molecular weight is 188 g/mol. The van der Waals surface area contributed by atoms with Crippen molar-refractivity contribution in [2.24, 2.45) is 0 Å². The second kappa shape index (κ2) is 3.29. The van der Waals surface area contributed by atoms with E-state index in [0.717, 1.165) is 17.4 Å². The van der Waals surface area contributed by atoms with Gasteiger partial charge in [-0.25, -0.2) is 0 Å². The molecule has 0 radical (unpaired) electrons. The van der Waals surface area contributed by atoms with Crippen molar-refractivity contribution in [1.29, 1.82) is 0 Å². The van der Waals surface area contributed by atoms with Crippen LogP contribution in [0, 0.1) is 0 Å². The predicted octanol–water partition coefficient (Wildman–Crippen LogP) is 3.37. The number of benzene rings is 1. The number of carbonyl (C=O) groups excluding carboxylic acids is 1. The molecule has 0 unspecified atom stereocenters. The quantitative estimate of drug-likeness (QED) is 0.676. The lowest BCUT2D eigenvalue weighted by Crippen LogP contribution is -1.80. The van der Waals surface area contributed by atoms with Crippen LogP contribution in [0.3, 0.4) is 0 Å². The summed E-state index contributed by atoms with van der Waals surface area (Å²) in [5.41, 5.74) is 1.32. The van der Waals surface area contributed by atoms with Gasteiger partial charge in [-0.15, -0.1) is 0 Å². The van der Waals surface area contributed by atoms with Gasteiger partial charge >= 0.3 is 0 Å². The molecule has 0 bridgehead atoms. The number of fused-ring (bicyclic) bond motifs is 1. The molecule has 1 aromatic carbocycles. The fraction of sp³-hybridized carbons (Fsp3) is 0.250. The van der Waals surface area contributed by atoms with Gasteiger partial charge in [0.25, 0.3) is 0 Å². The zero-order chi connectivity index (χ0) is 10.1. The van der Waals surface area contributed by atoms with Crippen LogP contribution in [0.4, 0.5) is 0 Å². The smallest absolute Gasteiger partial charge is 0.153 e. The molecule has 0 spiro atoms. The topological polar surface area (TPSA) is 30.2 Å². The molecule has 2 nitrogen and oxygen atoms in total. The lowest BCUT2D eigenvalue weighted by atomic mass is 10.1. The third-order valence-electron chi connectivity index (χ3n) is 2.29. The Morgan fingerprint density at radius 2 is 2.14 bits per heavy atom. The van der Waals surface area contributed by atoms with Crippen molar-refractivity contribution in [1.82, 2.24) is 0 Å². The van der Waals surface area contributed by atoms with Crippen molar-refractivity contribution in [3.63, 3.8) is 0 Å². The molecule has 0 N–H and O–H groups in total. The molecule has 14 heavy (non-hydrogen) atoms. The maximum absolute atomic E-state index is 10.7. The van der Waals surface area contributed by atoms with Gasteiger partial charge in [-0.05, 0) is 12.1 Å². The zero-order valence-corrected chi connectivity index (χ0v) is 8.28. The SMILES string of the molecule is CC(C)c1cc2cccc(C=O)c2o1. The molecule has 1 heterocycles. The van der Waals surface area contributed by atoms with Gasteiger partial charge in [-0.1, -0.05) is 26.0 Å². The van der Waals surface area contributed by atoms with E-state index in [-0.39, 0.29) is 0 Å². The average Bonchev–Trinajstić information content (AvgIpc) is 2.60. The van der Waals surface area contributed by atoms with Gasteiger partial charge < -0.3 is 4.42 Å². The van der Waals surface area contributed by atoms with Crippen LogP contribution in [-0.4, -0.2) is 6.29 Å². The first-order valence-electron chi connectivity index (χ1n) is 4.70. The lowest BCUT2D eigenvalue weighted by Gasteiger charge is -1.96. The Morgan fingerprint density at radius 1 is 1.36 bits per heavy atom. The number of hydrogen-bond donors (Lipinski definition) is 0. The first-order valence-corrected chi connectivity index (χ1v) is 4.70. The fourth-order valence-corrected chi connectivity index (χ4v) is 1.48. The number of rotatable bonds is 2. The molecular formula is C12H12O2. The van der Waals surface area contributed by atoms with Crippen LogP contribution in [-0.2, 0) is 0 Å². The molecule has 0 atom stereocenters. The van der Waals surface area contributed by atoms with E-state index < -0.39 is 0 Å². The predicted molar refractivity (Wildman–Crippen MR) is 55.7 cm³/mol. The first-order chi connectivity index (χ1) is 6.72.